The molecule has 4 heterocycles. The van der Waals surface area contributed by atoms with Crippen LogP contribution in [-0.2, 0) is 24.0 Å². The summed E-state index contributed by atoms with van der Waals surface area (Å²) in [4.78, 5) is 56.6. The first-order valence-corrected chi connectivity index (χ1v) is 16.2. The minimum Gasteiger partial charge on any atom is -0.545 e. The molecule has 0 aromatic rings. The summed E-state index contributed by atoms with van der Waals surface area (Å²) in [7, 11) is 0. The molecule has 0 unspecified atom stereocenters. The van der Waals surface area contributed by atoms with E-state index in [1.807, 2.05) is 0 Å². The van der Waals surface area contributed by atoms with Gasteiger partial charge >= 0.3 is 11.9 Å². The highest BCUT2D eigenvalue weighted by Gasteiger charge is 2.12. The zero-order chi connectivity index (χ0) is 34.3. The van der Waals surface area contributed by atoms with Gasteiger partial charge in [0.05, 0.1) is 12.4 Å². The molecule has 4 fully saturated rings. The molecule has 0 atom stereocenters. The van der Waals surface area contributed by atoms with Gasteiger partial charge in [0.2, 0.25) is 0 Å². The predicted molar refractivity (Wildman–Crippen MR) is 181 cm³/mol. The molecule has 4 aliphatic heterocycles. The molecule has 0 amide bonds. The van der Waals surface area contributed by atoms with Crippen LogP contribution in [0.1, 0.15) is 85.9 Å². The number of Topliss-reactive ketones (excluding diaryl/α,β-unsaturated/α-hetero) is 2. The molecule has 0 bridgehead atoms. The Kier molecular flexibility index (Phi) is 34.4. The van der Waals surface area contributed by atoms with Crippen LogP contribution in [0.15, 0.2) is 25.3 Å². The molecule has 0 aromatic heterocycles. The van der Waals surface area contributed by atoms with Crippen molar-refractivity contribution in [3.05, 3.63) is 25.3 Å². The number of aliphatic carboxylic acids is 3. The fourth-order valence-electron chi connectivity index (χ4n) is 4.53. The molecular formula is C33H63N4O9-. The number of carboxylic acids is 3. The molecule has 0 radical (unpaired) electrons. The standard InChI is InChI=1S/2C8H15NO.C7H13NO2.C4H9N.2C3H4O2.H2O.H2/c2*1-8(10)4-7-9-5-2-3-6-9;9-7(10)3-6-8-4-1-2-5-8;1-2-4-5-3-1;2*1-2-3(4)5;;/h2*2-7H2,1H3;1-6H2,(H,9,10);5H,1-4H2;2*2H,1H2,(H,4,5);1H2;1H/p-1/i;;;;;;;1+1. The minimum atomic E-state index is -1.23. The van der Waals surface area contributed by atoms with Gasteiger partial charge in [0, 0.05) is 40.0 Å². The highest BCUT2D eigenvalue weighted by molar-refractivity contribution is 5.78. The van der Waals surface area contributed by atoms with Gasteiger partial charge in [-0.2, -0.15) is 0 Å². The maximum absolute atomic E-state index is 10.6. The Hall–Kier alpha value is -2.97. The van der Waals surface area contributed by atoms with Crippen molar-refractivity contribution in [2.24, 2.45) is 0 Å². The number of carboxylic acid groups (broad SMARTS) is 3. The lowest BCUT2D eigenvalue weighted by Crippen LogP contribution is -2.22. The van der Waals surface area contributed by atoms with E-state index >= 15 is 0 Å². The smallest absolute Gasteiger partial charge is 0.327 e. The van der Waals surface area contributed by atoms with Crippen LogP contribution in [-0.4, -0.2) is 132 Å². The lowest BCUT2D eigenvalue weighted by atomic mass is 10.3. The van der Waals surface area contributed by atoms with E-state index in [-0.39, 0.29) is 6.90 Å². The largest absolute Gasteiger partial charge is 0.545 e. The fourth-order valence-corrected chi connectivity index (χ4v) is 4.53. The molecule has 0 saturated carbocycles. The predicted octanol–water partition coefficient (Wildman–Crippen LogP) is 1.65. The van der Waals surface area contributed by atoms with Gasteiger partial charge in [-0.1, -0.05) is 13.2 Å². The zero-order valence-corrected chi connectivity index (χ0v) is 28.3. The van der Waals surface area contributed by atoms with Crippen LogP contribution < -0.4 is 10.4 Å². The van der Waals surface area contributed by atoms with Gasteiger partial charge in [0.15, 0.2) is 0 Å². The molecule has 13 nitrogen and oxygen atoms in total. The summed E-state index contributed by atoms with van der Waals surface area (Å²) in [6.45, 7) is 21.4. The van der Waals surface area contributed by atoms with Gasteiger partial charge in [-0.3, -0.25) is 14.4 Å². The Morgan fingerprint density at radius 1 is 0.652 bits per heavy atom. The molecule has 4 saturated heterocycles. The third-order valence-electron chi connectivity index (χ3n) is 7.10. The number of likely N-dealkylation sites (tertiary alicyclic amines) is 3. The second-order valence-corrected chi connectivity index (χ2v) is 11.2. The number of nitrogens with one attached hydrogen (secondary N) is 1. The summed E-state index contributed by atoms with van der Waals surface area (Å²) >= 11 is 0. The summed E-state index contributed by atoms with van der Waals surface area (Å²) < 4.78 is 0. The molecule has 0 spiro atoms. The third kappa shape index (κ3) is 37.2. The Balaban J connectivity index is -0.000000241. The highest BCUT2D eigenvalue weighted by Crippen LogP contribution is 2.08. The summed E-state index contributed by atoms with van der Waals surface area (Å²) in [5.74, 6) is -2.28. The Morgan fingerprint density at radius 3 is 1.11 bits per heavy atom. The normalized spacial score (nSPS) is 16.8. The van der Waals surface area contributed by atoms with Gasteiger partial charge in [-0.05, 0) is 124 Å². The summed E-state index contributed by atoms with van der Waals surface area (Å²) in [6, 6.07) is 0. The maximum Gasteiger partial charge on any atom is 0.327 e. The van der Waals surface area contributed by atoms with Gasteiger partial charge in [0.1, 0.15) is 11.6 Å². The van der Waals surface area contributed by atoms with Crippen LogP contribution in [0, 0.1) is 0 Å². The quantitative estimate of drug-likeness (QED) is 0.271. The van der Waals surface area contributed by atoms with Crippen molar-refractivity contribution in [2.75, 3.05) is 72.0 Å². The number of carbonyl (C=O) groups is 5. The molecule has 4 rings (SSSR count). The van der Waals surface area contributed by atoms with Gasteiger partial charge in [0.25, 0.3) is 0 Å². The van der Waals surface area contributed by atoms with Crippen molar-refractivity contribution in [1.29, 1.82) is 0 Å². The monoisotopic (exact) mass is 660 g/mol. The van der Waals surface area contributed by atoms with Crippen LogP contribution in [0.2, 0.25) is 0 Å². The highest BCUT2D eigenvalue weighted by atomic mass is 16.4. The van der Waals surface area contributed by atoms with Crippen molar-refractivity contribution in [3.63, 3.8) is 0 Å². The number of carbonyl (C=O) groups excluding carboxylic acids is 3. The van der Waals surface area contributed by atoms with Crippen molar-refractivity contribution < 1.29 is 46.2 Å². The van der Waals surface area contributed by atoms with E-state index in [1.165, 1.54) is 90.6 Å². The van der Waals surface area contributed by atoms with E-state index in [4.69, 9.17) is 20.1 Å². The van der Waals surface area contributed by atoms with Crippen LogP contribution in [0.25, 0.3) is 0 Å². The molecule has 0 aromatic carbocycles. The summed E-state index contributed by atoms with van der Waals surface area (Å²) in [5.41, 5.74) is 0. The SMILES string of the molecule is C1CCNC1.C=CC(=O)O.C=CC(=O)[O-].CC(=O)CCN1CCCC1.CC(=O)CCN1CCCC1.O.O=C(O)CCN1CCCC1.[2HH]. The first-order chi connectivity index (χ1) is 21.4. The van der Waals surface area contributed by atoms with E-state index in [1.54, 1.807) is 13.8 Å². The fraction of sp³-hybridized carbons (Fsp3) is 0.727. The van der Waals surface area contributed by atoms with Crippen molar-refractivity contribution in [1.82, 2.24) is 20.0 Å². The lowest BCUT2D eigenvalue weighted by molar-refractivity contribution is -0.297. The average molecular weight is 661 g/mol. The van der Waals surface area contributed by atoms with Crippen LogP contribution >= 0.6 is 0 Å². The van der Waals surface area contributed by atoms with Crippen molar-refractivity contribution in [3.8, 4) is 0 Å². The Labute approximate surface area is 277 Å². The van der Waals surface area contributed by atoms with E-state index in [2.05, 4.69) is 33.2 Å². The number of hydrogen-bond donors (Lipinski definition) is 3. The van der Waals surface area contributed by atoms with E-state index in [9.17, 15) is 19.2 Å². The molecule has 270 valence electrons. The zero-order valence-electron chi connectivity index (χ0n) is 28.3. The van der Waals surface area contributed by atoms with Gasteiger partial charge < -0.3 is 45.6 Å². The molecule has 5 N–H and O–H groups in total. The van der Waals surface area contributed by atoms with Crippen molar-refractivity contribution in [2.45, 2.75) is 84.5 Å². The summed E-state index contributed by atoms with van der Waals surface area (Å²) in [5, 5.41) is 28.3. The Morgan fingerprint density at radius 2 is 0.935 bits per heavy atom. The second kappa shape index (κ2) is 33.4. The minimum absolute atomic E-state index is 0. The number of rotatable bonds is 11. The number of ketones is 2. The first kappa shape index (κ1) is 47.4. The second-order valence-electron chi connectivity index (χ2n) is 11.2. The van der Waals surface area contributed by atoms with Gasteiger partial charge in [-0.25, -0.2) is 4.79 Å². The molecule has 13 heteroatoms. The molecular weight excluding hydrogens is 596 g/mol. The molecule has 4 aliphatic rings. The number of nitrogens with zero attached hydrogens (tertiary/aromatic N) is 3. The van der Waals surface area contributed by atoms with Gasteiger partial charge in [-0.15, -0.1) is 0 Å². The van der Waals surface area contributed by atoms with Crippen LogP contribution in [0.3, 0.4) is 0 Å². The molecule has 46 heavy (non-hydrogen) atoms. The maximum atomic E-state index is 10.6. The first-order valence-electron chi connectivity index (χ1n) is 16.2. The van der Waals surface area contributed by atoms with Crippen LogP contribution in [0.4, 0.5) is 0 Å². The Bertz CT molecular complexity index is 743. The average Bonchev–Trinajstić information content (AvgIpc) is 3.85. The van der Waals surface area contributed by atoms with E-state index in [0.29, 0.717) is 18.0 Å². The van der Waals surface area contributed by atoms with Crippen LogP contribution in [0.5, 0.6) is 0 Å². The topological polar surface area (TPSA) is 202 Å². The molecule has 0 aliphatic carbocycles. The van der Waals surface area contributed by atoms with E-state index in [0.717, 1.165) is 57.7 Å². The third-order valence-corrected chi connectivity index (χ3v) is 7.10. The number of hydrogen-bond acceptors (Lipinski definition) is 10. The summed E-state index contributed by atoms with van der Waals surface area (Å²) in [6.07, 6.45) is 13.8. The van der Waals surface area contributed by atoms with E-state index < -0.39 is 17.9 Å². The lowest BCUT2D eigenvalue weighted by Gasteiger charge is -2.11. The van der Waals surface area contributed by atoms with Crippen molar-refractivity contribution >= 4 is 29.5 Å².